The molecule has 0 aliphatic carbocycles. The van der Waals surface area contributed by atoms with Gasteiger partial charge in [0.05, 0.1) is 18.8 Å². The molecule has 2 atom stereocenters. The summed E-state index contributed by atoms with van der Waals surface area (Å²) in [5.74, 6) is -0.0389. The van der Waals surface area contributed by atoms with Gasteiger partial charge in [-0.05, 0) is 12.8 Å². The van der Waals surface area contributed by atoms with Crippen molar-refractivity contribution < 1.29 is 15.0 Å². The predicted octanol–water partition coefficient (Wildman–Crippen LogP) is 7.06. The minimum atomic E-state index is -0.647. The van der Waals surface area contributed by atoms with Crippen LogP contribution >= 0.6 is 0 Å². The van der Waals surface area contributed by atoms with Crippen molar-refractivity contribution in [2.24, 2.45) is 0 Å². The molecule has 4 heteroatoms. The summed E-state index contributed by atoms with van der Waals surface area (Å²) in [4.78, 5) is 12.1. The second-order valence-electron chi connectivity index (χ2n) is 9.47. The molecular weight excluding hydrogens is 386 g/mol. The molecule has 0 aliphatic rings. The number of unbranched alkanes of at least 4 members (excludes halogenated alkanes) is 17. The molecule has 1 amide bonds. The maximum absolute atomic E-state index is 12.1. The Balaban J connectivity index is 3.62. The lowest BCUT2D eigenvalue weighted by Crippen LogP contribution is -2.45. The molecule has 0 heterocycles. The maximum atomic E-state index is 12.1. The highest BCUT2D eigenvalue weighted by Gasteiger charge is 2.19. The van der Waals surface area contributed by atoms with Crippen LogP contribution in [-0.2, 0) is 4.79 Å². The number of carbonyl (C=O) groups excluding carboxylic acids is 1. The number of hydrogen-bond acceptors (Lipinski definition) is 3. The standard InChI is InChI=1S/C27H55NO3/c1-3-5-7-9-11-13-14-15-16-18-20-22-26(30)25(24-29)28-27(31)23-21-19-17-12-10-8-6-4-2/h25-26,29-30H,3-24H2,1-2H3,(H,28,31). The molecule has 0 fully saturated rings. The van der Waals surface area contributed by atoms with Gasteiger partial charge in [0.25, 0.3) is 0 Å². The van der Waals surface area contributed by atoms with E-state index in [0.29, 0.717) is 12.8 Å². The van der Waals surface area contributed by atoms with Crippen molar-refractivity contribution in [3.8, 4) is 0 Å². The lowest BCUT2D eigenvalue weighted by Gasteiger charge is -2.22. The smallest absolute Gasteiger partial charge is 0.220 e. The first kappa shape index (κ1) is 30.4. The Bertz CT molecular complexity index is 375. The van der Waals surface area contributed by atoms with E-state index >= 15 is 0 Å². The van der Waals surface area contributed by atoms with Gasteiger partial charge in [0.15, 0.2) is 0 Å². The Kier molecular flexibility index (Phi) is 23.6. The molecular formula is C27H55NO3. The molecule has 0 saturated heterocycles. The molecule has 0 aromatic rings. The molecule has 0 rings (SSSR count). The normalized spacial score (nSPS) is 13.3. The van der Waals surface area contributed by atoms with Crippen LogP contribution in [0.4, 0.5) is 0 Å². The van der Waals surface area contributed by atoms with Crippen LogP contribution in [0.5, 0.6) is 0 Å². The molecule has 0 bridgehead atoms. The lowest BCUT2D eigenvalue weighted by molar-refractivity contribution is -0.123. The van der Waals surface area contributed by atoms with Crippen molar-refractivity contribution in [3.63, 3.8) is 0 Å². The molecule has 0 aromatic heterocycles. The molecule has 31 heavy (non-hydrogen) atoms. The average Bonchev–Trinajstić information content (AvgIpc) is 2.77. The second-order valence-corrected chi connectivity index (χ2v) is 9.47. The molecule has 186 valence electrons. The molecule has 4 nitrogen and oxygen atoms in total. The summed E-state index contributed by atoms with van der Waals surface area (Å²) in [7, 11) is 0. The zero-order valence-electron chi connectivity index (χ0n) is 21.0. The van der Waals surface area contributed by atoms with Crippen LogP contribution in [-0.4, -0.2) is 34.9 Å². The monoisotopic (exact) mass is 441 g/mol. The highest BCUT2D eigenvalue weighted by atomic mass is 16.3. The SMILES string of the molecule is CCCCCCCCCCCCCC(O)C(CO)NC(=O)CCCCCCCCCC. The van der Waals surface area contributed by atoms with E-state index in [0.717, 1.165) is 25.7 Å². The summed E-state index contributed by atoms with van der Waals surface area (Å²) in [5, 5.41) is 22.7. The zero-order chi connectivity index (χ0) is 23.0. The van der Waals surface area contributed by atoms with E-state index in [1.165, 1.54) is 96.3 Å². The fraction of sp³-hybridized carbons (Fsp3) is 0.963. The summed E-state index contributed by atoms with van der Waals surface area (Å²) >= 11 is 0. The highest BCUT2D eigenvalue weighted by Crippen LogP contribution is 2.14. The Morgan fingerprint density at radius 1 is 0.645 bits per heavy atom. The van der Waals surface area contributed by atoms with Crippen molar-refractivity contribution in [1.29, 1.82) is 0 Å². The molecule has 0 aliphatic heterocycles. The third-order valence-electron chi connectivity index (χ3n) is 6.37. The van der Waals surface area contributed by atoms with Gasteiger partial charge >= 0.3 is 0 Å². The Labute approximate surface area is 194 Å². The van der Waals surface area contributed by atoms with Crippen LogP contribution in [0.15, 0.2) is 0 Å². The number of carbonyl (C=O) groups is 1. The quantitative estimate of drug-likeness (QED) is 0.140. The van der Waals surface area contributed by atoms with Crippen LogP contribution in [0.3, 0.4) is 0 Å². The van der Waals surface area contributed by atoms with Crippen molar-refractivity contribution in [2.45, 2.75) is 161 Å². The highest BCUT2D eigenvalue weighted by molar-refractivity contribution is 5.76. The van der Waals surface area contributed by atoms with E-state index < -0.39 is 12.1 Å². The van der Waals surface area contributed by atoms with Crippen LogP contribution in [0, 0.1) is 0 Å². The van der Waals surface area contributed by atoms with Gasteiger partial charge in [-0.25, -0.2) is 0 Å². The van der Waals surface area contributed by atoms with Crippen molar-refractivity contribution in [1.82, 2.24) is 5.32 Å². The fourth-order valence-electron chi connectivity index (χ4n) is 4.18. The molecule has 3 N–H and O–H groups in total. The van der Waals surface area contributed by atoms with Gasteiger partial charge in [-0.15, -0.1) is 0 Å². The van der Waals surface area contributed by atoms with Crippen molar-refractivity contribution in [2.75, 3.05) is 6.61 Å². The Morgan fingerprint density at radius 2 is 1.03 bits per heavy atom. The first-order valence-corrected chi connectivity index (χ1v) is 13.7. The van der Waals surface area contributed by atoms with Gasteiger partial charge in [0, 0.05) is 6.42 Å². The summed E-state index contributed by atoms with van der Waals surface area (Å²) in [6.07, 6.45) is 24.3. The number of amides is 1. The molecule has 0 spiro atoms. The number of nitrogens with one attached hydrogen (secondary N) is 1. The first-order chi connectivity index (χ1) is 15.2. The topological polar surface area (TPSA) is 69.6 Å². The molecule has 0 saturated carbocycles. The summed E-state index contributed by atoms with van der Waals surface area (Å²) < 4.78 is 0. The summed E-state index contributed by atoms with van der Waals surface area (Å²) in [6, 6.07) is -0.523. The molecule has 0 radical (unpaired) electrons. The van der Waals surface area contributed by atoms with E-state index in [1.54, 1.807) is 0 Å². The number of hydrogen-bond donors (Lipinski definition) is 3. The minimum absolute atomic E-state index is 0.0389. The van der Waals surface area contributed by atoms with Gasteiger partial charge in [0.1, 0.15) is 0 Å². The van der Waals surface area contributed by atoms with Crippen LogP contribution in [0.2, 0.25) is 0 Å². The minimum Gasteiger partial charge on any atom is -0.394 e. The largest absolute Gasteiger partial charge is 0.394 e. The lowest BCUT2D eigenvalue weighted by atomic mass is 10.0. The molecule has 2 unspecified atom stereocenters. The van der Waals surface area contributed by atoms with E-state index in [1.807, 2.05) is 0 Å². The van der Waals surface area contributed by atoms with Gasteiger partial charge in [-0.3, -0.25) is 4.79 Å². The first-order valence-electron chi connectivity index (χ1n) is 13.7. The third kappa shape index (κ3) is 21.0. The Hall–Kier alpha value is -0.610. The van der Waals surface area contributed by atoms with E-state index in [2.05, 4.69) is 19.2 Å². The van der Waals surface area contributed by atoms with Crippen LogP contribution in [0.1, 0.15) is 149 Å². The van der Waals surface area contributed by atoms with Gasteiger partial charge in [-0.2, -0.15) is 0 Å². The maximum Gasteiger partial charge on any atom is 0.220 e. The number of aliphatic hydroxyl groups is 2. The van der Waals surface area contributed by atoms with Crippen LogP contribution in [0.25, 0.3) is 0 Å². The number of aliphatic hydroxyl groups excluding tert-OH is 2. The van der Waals surface area contributed by atoms with E-state index in [-0.39, 0.29) is 12.5 Å². The summed E-state index contributed by atoms with van der Waals surface area (Å²) in [6.45, 7) is 4.29. The van der Waals surface area contributed by atoms with Gasteiger partial charge < -0.3 is 15.5 Å². The van der Waals surface area contributed by atoms with Crippen molar-refractivity contribution >= 4 is 5.91 Å². The fourth-order valence-corrected chi connectivity index (χ4v) is 4.18. The third-order valence-corrected chi connectivity index (χ3v) is 6.37. The van der Waals surface area contributed by atoms with Gasteiger partial charge in [0.2, 0.25) is 5.91 Å². The van der Waals surface area contributed by atoms with Gasteiger partial charge in [-0.1, -0.05) is 129 Å². The van der Waals surface area contributed by atoms with Crippen molar-refractivity contribution in [3.05, 3.63) is 0 Å². The van der Waals surface area contributed by atoms with E-state index in [9.17, 15) is 15.0 Å². The zero-order valence-corrected chi connectivity index (χ0v) is 21.0. The summed E-state index contributed by atoms with van der Waals surface area (Å²) in [5.41, 5.74) is 0. The predicted molar refractivity (Wildman–Crippen MR) is 133 cm³/mol. The number of rotatable bonds is 24. The average molecular weight is 442 g/mol. The Morgan fingerprint density at radius 3 is 1.45 bits per heavy atom. The van der Waals surface area contributed by atoms with E-state index in [4.69, 9.17) is 0 Å². The molecule has 0 aromatic carbocycles. The second kappa shape index (κ2) is 24.0. The van der Waals surface area contributed by atoms with Crippen LogP contribution < -0.4 is 5.32 Å².